The summed E-state index contributed by atoms with van der Waals surface area (Å²) >= 11 is 2.68. The number of hydrogen-bond donors (Lipinski definition) is 1. The van der Waals surface area contributed by atoms with E-state index in [0.717, 1.165) is 9.79 Å². The third-order valence-electron chi connectivity index (χ3n) is 3.76. The molecule has 1 aliphatic rings. The normalized spacial score (nSPS) is 13.9. The number of Topliss-reactive ketones (excluding diaryl/α,β-unsaturated/α-hetero) is 2. The summed E-state index contributed by atoms with van der Waals surface area (Å²) in [6.45, 7) is 0. The van der Waals surface area contributed by atoms with Crippen molar-refractivity contribution in [2.45, 2.75) is 9.79 Å². The highest BCUT2D eigenvalue weighted by atomic mass is 32.2. The smallest absolute Gasteiger partial charge is 0.217 e. The summed E-state index contributed by atoms with van der Waals surface area (Å²) in [6.07, 6.45) is 1.64. The number of thioether (sulfide) groups is 2. The van der Waals surface area contributed by atoms with Crippen molar-refractivity contribution in [2.24, 2.45) is 0 Å². The van der Waals surface area contributed by atoms with Crippen LogP contribution in [0, 0.1) is 0 Å². The number of allylic oxidation sites excluding steroid dienone is 2. The number of aromatic amines is 1. The zero-order valence-corrected chi connectivity index (χ0v) is 14.7. The predicted molar refractivity (Wildman–Crippen MR) is 101 cm³/mol. The van der Waals surface area contributed by atoms with E-state index in [0.29, 0.717) is 21.1 Å². The molecule has 1 heterocycles. The van der Waals surface area contributed by atoms with Gasteiger partial charge in [-0.15, -0.1) is 0 Å². The van der Waals surface area contributed by atoms with Crippen LogP contribution in [-0.2, 0) is 0 Å². The van der Waals surface area contributed by atoms with E-state index in [2.05, 4.69) is 4.98 Å². The van der Waals surface area contributed by atoms with Crippen LogP contribution < -0.4 is 0 Å². The molecule has 1 N–H and O–H groups in total. The highest BCUT2D eigenvalue weighted by Crippen LogP contribution is 2.42. The fourth-order valence-electron chi connectivity index (χ4n) is 2.59. The first-order valence-corrected chi connectivity index (χ1v) is 9.34. The summed E-state index contributed by atoms with van der Waals surface area (Å²) in [7, 11) is 0. The van der Waals surface area contributed by atoms with Gasteiger partial charge in [-0.2, -0.15) is 0 Å². The second kappa shape index (κ2) is 6.78. The van der Waals surface area contributed by atoms with Crippen LogP contribution in [0.25, 0.3) is 0 Å². The van der Waals surface area contributed by atoms with E-state index in [9.17, 15) is 9.59 Å². The standard InChI is InChI=1S/C20H13NO2S2/c22-17-15-11-12-21-16(15)18(23)20(25-14-9-5-2-6-10-14)19(17)24-13-7-3-1-4-8-13/h1-12,21H. The van der Waals surface area contributed by atoms with Crippen LogP contribution in [0.15, 0.2) is 92.5 Å². The Morgan fingerprint density at radius 3 is 1.72 bits per heavy atom. The number of rotatable bonds is 4. The zero-order valence-electron chi connectivity index (χ0n) is 13.1. The molecule has 0 saturated carbocycles. The average Bonchev–Trinajstić information content (AvgIpc) is 3.14. The number of benzene rings is 2. The van der Waals surface area contributed by atoms with E-state index in [1.807, 2.05) is 60.7 Å². The van der Waals surface area contributed by atoms with Gasteiger partial charge in [0.15, 0.2) is 0 Å². The molecule has 0 fully saturated rings. The van der Waals surface area contributed by atoms with Gasteiger partial charge in [-0.3, -0.25) is 9.59 Å². The van der Waals surface area contributed by atoms with Crippen molar-refractivity contribution in [1.82, 2.24) is 4.98 Å². The number of carbonyl (C=O) groups excluding carboxylic acids is 2. The van der Waals surface area contributed by atoms with Gasteiger partial charge in [0, 0.05) is 16.0 Å². The second-order valence-corrected chi connectivity index (χ2v) is 7.58. The van der Waals surface area contributed by atoms with Crippen LogP contribution in [0.1, 0.15) is 20.8 Å². The van der Waals surface area contributed by atoms with Crippen LogP contribution in [0.3, 0.4) is 0 Å². The van der Waals surface area contributed by atoms with E-state index in [-0.39, 0.29) is 11.6 Å². The average molecular weight is 363 g/mol. The lowest BCUT2D eigenvalue weighted by molar-refractivity contribution is 0.0986. The van der Waals surface area contributed by atoms with Crippen molar-refractivity contribution < 1.29 is 9.59 Å². The molecule has 0 spiro atoms. The van der Waals surface area contributed by atoms with Gasteiger partial charge in [-0.1, -0.05) is 59.9 Å². The number of ketones is 2. The minimum Gasteiger partial charge on any atom is -0.358 e. The van der Waals surface area contributed by atoms with Crippen molar-refractivity contribution >= 4 is 35.1 Å². The highest BCUT2D eigenvalue weighted by Gasteiger charge is 2.34. The van der Waals surface area contributed by atoms with Gasteiger partial charge in [-0.25, -0.2) is 0 Å². The third-order valence-corrected chi connectivity index (χ3v) is 6.10. The molecule has 0 aliphatic heterocycles. The number of fused-ring (bicyclic) bond motifs is 1. The largest absolute Gasteiger partial charge is 0.358 e. The fourth-order valence-corrected chi connectivity index (χ4v) is 4.66. The predicted octanol–water partition coefficient (Wildman–Crippen LogP) is 5.19. The van der Waals surface area contributed by atoms with Crippen LogP contribution >= 0.6 is 23.5 Å². The number of aromatic nitrogens is 1. The fraction of sp³-hybridized carbons (Fsp3) is 0. The van der Waals surface area contributed by atoms with Crippen molar-refractivity contribution in [3.05, 3.63) is 94.0 Å². The Morgan fingerprint density at radius 2 is 1.16 bits per heavy atom. The van der Waals surface area contributed by atoms with Gasteiger partial charge in [0.25, 0.3) is 0 Å². The lowest BCUT2D eigenvalue weighted by Gasteiger charge is -2.18. The Hall–Kier alpha value is -2.50. The van der Waals surface area contributed by atoms with Crippen molar-refractivity contribution in [3.63, 3.8) is 0 Å². The summed E-state index contributed by atoms with van der Waals surface area (Å²) in [5.41, 5.74) is 0.821. The summed E-state index contributed by atoms with van der Waals surface area (Å²) in [6, 6.07) is 20.9. The summed E-state index contributed by atoms with van der Waals surface area (Å²) < 4.78 is 0. The van der Waals surface area contributed by atoms with Gasteiger partial charge in [0.2, 0.25) is 11.6 Å². The van der Waals surface area contributed by atoms with E-state index in [4.69, 9.17) is 0 Å². The van der Waals surface area contributed by atoms with Crippen LogP contribution in [-0.4, -0.2) is 16.6 Å². The molecule has 2 aromatic carbocycles. The molecule has 0 unspecified atom stereocenters. The Balaban J connectivity index is 1.80. The maximum absolute atomic E-state index is 13.0. The zero-order chi connectivity index (χ0) is 17.2. The van der Waals surface area contributed by atoms with Crippen molar-refractivity contribution in [1.29, 1.82) is 0 Å². The minimum absolute atomic E-state index is 0.108. The molecule has 122 valence electrons. The van der Waals surface area contributed by atoms with Crippen LogP contribution in [0.2, 0.25) is 0 Å². The van der Waals surface area contributed by atoms with Crippen molar-refractivity contribution in [2.75, 3.05) is 0 Å². The summed E-state index contributed by atoms with van der Waals surface area (Å²) in [5.74, 6) is -0.241. The lowest BCUT2D eigenvalue weighted by Crippen LogP contribution is -2.18. The quantitative estimate of drug-likeness (QED) is 0.693. The van der Waals surface area contributed by atoms with Crippen LogP contribution in [0.4, 0.5) is 0 Å². The van der Waals surface area contributed by atoms with Gasteiger partial charge in [0.1, 0.15) is 0 Å². The molecule has 4 rings (SSSR count). The Kier molecular flexibility index (Phi) is 4.34. The SMILES string of the molecule is O=C1C(Sc2ccccc2)=C(Sc2ccccc2)C(=O)c2[nH]ccc21. The van der Waals surface area contributed by atoms with Crippen molar-refractivity contribution in [3.8, 4) is 0 Å². The van der Waals surface area contributed by atoms with E-state index >= 15 is 0 Å². The van der Waals surface area contributed by atoms with Gasteiger partial charge < -0.3 is 4.98 Å². The molecule has 0 amide bonds. The highest BCUT2D eigenvalue weighted by molar-refractivity contribution is 8.08. The van der Waals surface area contributed by atoms with Crippen LogP contribution in [0.5, 0.6) is 0 Å². The molecular weight excluding hydrogens is 350 g/mol. The summed E-state index contributed by atoms with van der Waals surface area (Å²) in [5, 5.41) is 0. The first-order valence-electron chi connectivity index (χ1n) is 7.71. The molecule has 1 aliphatic carbocycles. The Morgan fingerprint density at radius 1 is 0.640 bits per heavy atom. The molecule has 25 heavy (non-hydrogen) atoms. The molecule has 3 aromatic rings. The number of carbonyl (C=O) groups is 2. The maximum Gasteiger partial charge on any atom is 0.217 e. The number of nitrogens with one attached hydrogen (secondary N) is 1. The topological polar surface area (TPSA) is 49.9 Å². The first-order chi connectivity index (χ1) is 12.2. The first kappa shape index (κ1) is 16.0. The van der Waals surface area contributed by atoms with Gasteiger partial charge >= 0.3 is 0 Å². The molecule has 0 atom stereocenters. The maximum atomic E-state index is 13.0. The number of H-pyrrole nitrogens is 1. The molecule has 3 nitrogen and oxygen atoms in total. The molecule has 1 aromatic heterocycles. The lowest BCUT2D eigenvalue weighted by atomic mass is 10.0. The number of hydrogen-bond acceptors (Lipinski definition) is 4. The molecular formula is C20H13NO2S2. The minimum atomic E-state index is -0.133. The van der Waals surface area contributed by atoms with E-state index in [1.54, 1.807) is 12.3 Å². The molecule has 0 saturated heterocycles. The second-order valence-electron chi connectivity index (χ2n) is 5.41. The summed E-state index contributed by atoms with van der Waals surface area (Å²) in [4.78, 5) is 31.6. The Labute approximate surface area is 153 Å². The Bertz CT molecular complexity index is 897. The molecule has 0 bridgehead atoms. The van der Waals surface area contributed by atoms with E-state index < -0.39 is 0 Å². The molecule has 0 radical (unpaired) electrons. The monoisotopic (exact) mass is 363 g/mol. The molecule has 5 heteroatoms. The van der Waals surface area contributed by atoms with Gasteiger partial charge in [0.05, 0.1) is 21.1 Å². The third kappa shape index (κ3) is 3.08. The van der Waals surface area contributed by atoms with E-state index in [1.165, 1.54) is 23.5 Å². The van der Waals surface area contributed by atoms with Gasteiger partial charge in [-0.05, 0) is 30.3 Å².